The van der Waals surface area contributed by atoms with Crippen molar-refractivity contribution in [1.29, 1.82) is 0 Å². The van der Waals surface area contributed by atoms with E-state index in [4.69, 9.17) is 5.73 Å². The second-order valence-corrected chi connectivity index (χ2v) is 12.2. The van der Waals surface area contributed by atoms with Gasteiger partial charge in [0.25, 0.3) is 0 Å². The summed E-state index contributed by atoms with van der Waals surface area (Å²) in [5, 5.41) is 10.5. The molecular formula is C46H67N5. The van der Waals surface area contributed by atoms with Gasteiger partial charge in [-0.25, -0.2) is 0 Å². The molecule has 1 aliphatic rings. The van der Waals surface area contributed by atoms with Gasteiger partial charge >= 0.3 is 0 Å². The molecule has 0 saturated heterocycles. The fourth-order valence-corrected chi connectivity index (χ4v) is 5.36. The molecule has 1 heterocycles. The number of hydrogen-bond acceptors (Lipinski definition) is 5. The number of likely N-dealkylation sites (N-methyl/N-ethyl adjacent to an activating group) is 1. The first-order valence-corrected chi connectivity index (χ1v) is 18.7. The number of nitrogens with zero attached hydrogens (tertiary/aromatic N) is 1. The Morgan fingerprint density at radius 3 is 2.04 bits per heavy atom. The molecule has 5 nitrogen and oxygen atoms in total. The fourth-order valence-electron chi connectivity index (χ4n) is 5.36. The van der Waals surface area contributed by atoms with E-state index < -0.39 is 0 Å². The van der Waals surface area contributed by atoms with E-state index in [1.165, 1.54) is 33.4 Å². The lowest BCUT2D eigenvalue weighted by molar-refractivity contribution is 0.362. The monoisotopic (exact) mass is 690 g/mol. The molecule has 0 saturated carbocycles. The summed E-state index contributed by atoms with van der Waals surface area (Å²) in [6.45, 7) is 22.2. The Hall–Kier alpha value is -4.26. The molecule has 0 radical (unpaired) electrons. The molecule has 3 aromatic rings. The van der Waals surface area contributed by atoms with Crippen molar-refractivity contribution in [1.82, 2.24) is 20.9 Å². The Bertz CT molecular complexity index is 1540. The number of nitrogens with one attached hydrogen (secondary N) is 3. The maximum atomic E-state index is 6.72. The number of nitrogens with two attached hydrogens (primary N) is 1. The van der Waals surface area contributed by atoms with E-state index >= 15 is 0 Å². The first-order valence-electron chi connectivity index (χ1n) is 18.7. The maximum Gasteiger partial charge on any atom is 0.0852 e. The zero-order chi connectivity index (χ0) is 38.0. The van der Waals surface area contributed by atoms with Gasteiger partial charge in [0.15, 0.2) is 0 Å². The number of benzene rings is 3. The normalized spacial score (nSPS) is 13.9. The molecule has 0 bridgehead atoms. The zero-order valence-corrected chi connectivity index (χ0v) is 33.2. The van der Waals surface area contributed by atoms with Crippen molar-refractivity contribution in [3.63, 3.8) is 0 Å². The molecule has 3 aromatic carbocycles. The van der Waals surface area contributed by atoms with Crippen molar-refractivity contribution in [2.24, 2.45) is 5.73 Å². The van der Waals surface area contributed by atoms with E-state index in [1.54, 1.807) is 0 Å². The number of allylic oxidation sites excluding steroid dienone is 8. The van der Waals surface area contributed by atoms with Gasteiger partial charge in [-0.15, -0.1) is 0 Å². The van der Waals surface area contributed by atoms with Crippen LogP contribution >= 0.6 is 0 Å². The molecule has 0 amide bonds. The quantitative estimate of drug-likeness (QED) is 0.100. The maximum absolute atomic E-state index is 6.72. The van der Waals surface area contributed by atoms with Crippen LogP contribution in [0.25, 0.3) is 16.7 Å². The Balaban J connectivity index is 0.000000669. The molecule has 5 heteroatoms. The minimum absolute atomic E-state index is 0.0952. The van der Waals surface area contributed by atoms with Crippen molar-refractivity contribution in [3.05, 3.63) is 162 Å². The predicted molar refractivity (Wildman–Crippen MR) is 228 cm³/mol. The summed E-state index contributed by atoms with van der Waals surface area (Å²) in [5.41, 5.74) is 16.5. The van der Waals surface area contributed by atoms with Crippen molar-refractivity contribution in [2.45, 2.75) is 80.2 Å². The first kappa shape index (κ1) is 44.8. The number of dihydropyridines is 1. The van der Waals surface area contributed by atoms with Crippen LogP contribution < -0.4 is 21.7 Å². The fraction of sp³-hybridized carbons (Fsp3) is 0.348. The van der Waals surface area contributed by atoms with E-state index in [0.717, 1.165) is 30.6 Å². The van der Waals surface area contributed by atoms with Crippen LogP contribution in [0.1, 0.15) is 102 Å². The summed E-state index contributed by atoms with van der Waals surface area (Å²) >= 11 is 0. The second-order valence-electron chi connectivity index (χ2n) is 12.2. The van der Waals surface area contributed by atoms with Crippen molar-refractivity contribution in [3.8, 4) is 0 Å². The van der Waals surface area contributed by atoms with Crippen LogP contribution in [0.3, 0.4) is 0 Å². The number of rotatable bonds is 14. The van der Waals surface area contributed by atoms with Crippen LogP contribution in [0.2, 0.25) is 0 Å². The molecule has 2 unspecified atom stereocenters. The second kappa shape index (κ2) is 26.5. The molecule has 0 aromatic heterocycles. The summed E-state index contributed by atoms with van der Waals surface area (Å²) in [4.78, 5) is 2.17. The summed E-state index contributed by atoms with van der Waals surface area (Å²) in [7, 11) is 4.16. The predicted octanol–water partition coefficient (Wildman–Crippen LogP) is 10.7. The van der Waals surface area contributed by atoms with Gasteiger partial charge in [0, 0.05) is 19.1 Å². The van der Waals surface area contributed by atoms with Crippen LogP contribution in [-0.4, -0.2) is 38.1 Å². The van der Waals surface area contributed by atoms with Crippen LogP contribution in [0.4, 0.5) is 0 Å². The average Bonchev–Trinajstić information content (AvgIpc) is 3.17. The molecular weight excluding hydrogens is 623 g/mol. The molecule has 51 heavy (non-hydrogen) atoms. The van der Waals surface area contributed by atoms with E-state index in [1.807, 2.05) is 59.0 Å². The highest BCUT2D eigenvalue weighted by molar-refractivity contribution is 5.70. The summed E-state index contributed by atoms with van der Waals surface area (Å²) in [6.07, 6.45) is 16.9. The van der Waals surface area contributed by atoms with Crippen LogP contribution in [0.5, 0.6) is 0 Å². The van der Waals surface area contributed by atoms with Crippen molar-refractivity contribution in [2.75, 3.05) is 27.2 Å². The molecule has 4 rings (SSSR count). The number of hydrogen-bond donors (Lipinski definition) is 4. The van der Waals surface area contributed by atoms with Gasteiger partial charge in [-0.2, -0.15) is 0 Å². The Kier molecular flexibility index (Phi) is 23.3. The third-order valence-electron chi connectivity index (χ3n) is 7.68. The smallest absolute Gasteiger partial charge is 0.0852 e. The lowest BCUT2D eigenvalue weighted by Gasteiger charge is -2.28. The lowest BCUT2D eigenvalue weighted by Crippen LogP contribution is -2.42. The SMILES string of the molecule is C1=CNCC(c2ccccc2)=C1.C=C/C=C(\CN(C)C)c1cccc(C(NC(C)C)NC(N)c2cccc(/C(=C/C=C\C)CC)c2)c1.CC.CC. The third kappa shape index (κ3) is 16.5. The summed E-state index contributed by atoms with van der Waals surface area (Å²) in [5.74, 6) is 0. The van der Waals surface area contributed by atoms with Crippen LogP contribution in [0.15, 0.2) is 134 Å². The van der Waals surface area contributed by atoms with Gasteiger partial charge in [0.2, 0.25) is 0 Å². The van der Waals surface area contributed by atoms with E-state index in [0.29, 0.717) is 0 Å². The van der Waals surface area contributed by atoms with Crippen LogP contribution in [-0.2, 0) is 0 Å². The molecule has 1 aliphatic heterocycles. The average molecular weight is 690 g/mol. The van der Waals surface area contributed by atoms with Crippen LogP contribution in [0, 0.1) is 0 Å². The van der Waals surface area contributed by atoms with E-state index in [9.17, 15) is 0 Å². The van der Waals surface area contributed by atoms with Crippen molar-refractivity contribution < 1.29 is 0 Å². The Morgan fingerprint density at radius 2 is 1.49 bits per heavy atom. The standard InChI is InChI=1S/C31H44N4.C11H11N.2C2H6/c1-8-11-15-24(10-3)25-16-12-18-27(20-25)30(32)34-31(33-23(4)5)28-19-13-17-26(21-28)29(14-9-2)22-35(6)7;1-2-5-10(6-3-1)11-7-4-8-12-9-11;2*1-2/h8-9,11-21,23,30-31,33-34H,2,10,22,32H2,1,3-7H3;1-8,12H,9H2;2*1-2H3/b11-8-,24-15+,29-14+;;;. The highest BCUT2D eigenvalue weighted by atomic mass is 15.2. The van der Waals surface area contributed by atoms with E-state index in [2.05, 4.69) is 165 Å². The van der Waals surface area contributed by atoms with Crippen molar-refractivity contribution >= 4 is 16.7 Å². The summed E-state index contributed by atoms with van der Waals surface area (Å²) < 4.78 is 0. The molecule has 2 atom stereocenters. The van der Waals surface area contributed by atoms with Gasteiger partial charge in [0.1, 0.15) is 0 Å². The Morgan fingerprint density at radius 1 is 0.863 bits per heavy atom. The highest BCUT2D eigenvalue weighted by Gasteiger charge is 2.18. The van der Waals surface area contributed by atoms with Gasteiger partial charge in [-0.1, -0.05) is 144 Å². The largest absolute Gasteiger partial charge is 0.387 e. The minimum Gasteiger partial charge on any atom is -0.387 e. The topological polar surface area (TPSA) is 65.3 Å². The highest BCUT2D eigenvalue weighted by Crippen LogP contribution is 2.25. The lowest BCUT2D eigenvalue weighted by atomic mass is 9.99. The molecule has 276 valence electrons. The van der Waals surface area contributed by atoms with E-state index in [-0.39, 0.29) is 18.4 Å². The first-order chi connectivity index (χ1) is 24.7. The molecule has 0 spiro atoms. The summed E-state index contributed by atoms with van der Waals surface area (Å²) in [6, 6.07) is 27.9. The molecule has 5 N–H and O–H groups in total. The van der Waals surface area contributed by atoms with Gasteiger partial charge < -0.3 is 16.0 Å². The Labute approximate surface area is 311 Å². The molecule has 0 fully saturated rings. The van der Waals surface area contributed by atoms with Gasteiger partial charge in [0.05, 0.1) is 12.3 Å². The van der Waals surface area contributed by atoms with Gasteiger partial charge in [-0.3, -0.25) is 10.6 Å². The molecule has 0 aliphatic carbocycles. The minimum atomic E-state index is -0.320. The van der Waals surface area contributed by atoms with Gasteiger partial charge in [-0.05, 0) is 110 Å². The zero-order valence-electron chi connectivity index (χ0n) is 33.2. The third-order valence-corrected chi connectivity index (χ3v) is 7.68.